The molecule has 0 aliphatic carbocycles. The van der Waals surface area contributed by atoms with Gasteiger partial charge in [0, 0.05) is 25.8 Å². The molecule has 2 heterocycles. The molecule has 0 bridgehead atoms. The molecule has 2 aromatic rings. The quantitative estimate of drug-likeness (QED) is 0.824. The Morgan fingerprint density at radius 2 is 1.83 bits per heavy atom. The molecule has 124 valence electrons. The molecule has 1 aliphatic rings. The van der Waals surface area contributed by atoms with E-state index in [1.807, 2.05) is 0 Å². The van der Waals surface area contributed by atoms with Crippen molar-refractivity contribution in [3.8, 4) is 0 Å². The summed E-state index contributed by atoms with van der Waals surface area (Å²) in [6.07, 6.45) is 0. The summed E-state index contributed by atoms with van der Waals surface area (Å²) in [6.45, 7) is -0.310. The SMILES string of the molecule is CN1C(=O)CN(CC(=O)Nc2ccc3ccc(=O)n(C)c3c2)C1=O. The lowest BCUT2D eigenvalue weighted by Crippen LogP contribution is -2.36. The van der Waals surface area contributed by atoms with Crippen molar-refractivity contribution in [2.75, 3.05) is 25.5 Å². The second-order valence-corrected chi connectivity index (χ2v) is 5.64. The Morgan fingerprint density at radius 1 is 1.12 bits per heavy atom. The Balaban J connectivity index is 1.76. The summed E-state index contributed by atoms with van der Waals surface area (Å²) in [5, 5.41) is 3.55. The number of hydrogen-bond donors (Lipinski definition) is 1. The van der Waals surface area contributed by atoms with E-state index in [1.165, 1.54) is 22.6 Å². The number of carbonyl (C=O) groups excluding carboxylic acids is 3. The zero-order chi connectivity index (χ0) is 17.4. The Morgan fingerprint density at radius 3 is 2.50 bits per heavy atom. The molecule has 1 aromatic carbocycles. The highest BCUT2D eigenvalue weighted by atomic mass is 16.2. The molecule has 1 fully saturated rings. The highest BCUT2D eigenvalue weighted by molar-refractivity contribution is 6.04. The van der Waals surface area contributed by atoms with Gasteiger partial charge in [-0.25, -0.2) is 4.79 Å². The Labute approximate surface area is 137 Å². The van der Waals surface area contributed by atoms with Crippen LogP contribution in [0, 0.1) is 0 Å². The number of fused-ring (bicyclic) bond motifs is 1. The molecule has 1 aliphatic heterocycles. The number of likely N-dealkylation sites (N-methyl/N-ethyl adjacent to an activating group) is 1. The smallest absolute Gasteiger partial charge is 0.324 e. The van der Waals surface area contributed by atoms with E-state index in [1.54, 1.807) is 31.3 Å². The Kier molecular flexibility index (Phi) is 3.80. The number of nitrogens with zero attached hydrogens (tertiary/aromatic N) is 3. The van der Waals surface area contributed by atoms with Crippen LogP contribution in [0.1, 0.15) is 0 Å². The first kappa shape index (κ1) is 15.7. The van der Waals surface area contributed by atoms with Gasteiger partial charge in [-0.15, -0.1) is 0 Å². The zero-order valence-corrected chi connectivity index (χ0v) is 13.3. The van der Waals surface area contributed by atoms with Crippen molar-refractivity contribution in [2.45, 2.75) is 0 Å². The van der Waals surface area contributed by atoms with Crippen molar-refractivity contribution >= 4 is 34.4 Å². The molecule has 1 saturated heterocycles. The number of aromatic nitrogens is 1. The van der Waals surface area contributed by atoms with Crippen LogP contribution < -0.4 is 10.9 Å². The third kappa shape index (κ3) is 2.73. The average molecular weight is 328 g/mol. The van der Waals surface area contributed by atoms with E-state index in [-0.39, 0.29) is 24.6 Å². The number of hydrogen-bond acceptors (Lipinski definition) is 4. The maximum atomic E-state index is 12.1. The van der Waals surface area contributed by atoms with Crippen LogP contribution in [0.5, 0.6) is 0 Å². The predicted molar refractivity (Wildman–Crippen MR) is 87.6 cm³/mol. The van der Waals surface area contributed by atoms with E-state index in [0.29, 0.717) is 11.2 Å². The maximum absolute atomic E-state index is 12.1. The number of urea groups is 1. The summed E-state index contributed by atoms with van der Waals surface area (Å²) in [7, 11) is 3.03. The minimum absolute atomic E-state index is 0.102. The highest BCUT2D eigenvalue weighted by Crippen LogP contribution is 2.17. The fourth-order valence-corrected chi connectivity index (χ4v) is 2.60. The van der Waals surface area contributed by atoms with E-state index in [0.717, 1.165) is 10.3 Å². The first-order valence-electron chi connectivity index (χ1n) is 7.32. The number of aryl methyl sites for hydroxylation is 1. The van der Waals surface area contributed by atoms with E-state index < -0.39 is 11.9 Å². The summed E-state index contributed by atoms with van der Waals surface area (Å²) in [5.41, 5.74) is 1.06. The third-order valence-corrected chi connectivity index (χ3v) is 4.00. The van der Waals surface area contributed by atoms with Crippen molar-refractivity contribution in [2.24, 2.45) is 7.05 Å². The number of carbonyl (C=O) groups is 3. The minimum Gasteiger partial charge on any atom is -0.324 e. The van der Waals surface area contributed by atoms with Gasteiger partial charge in [0.2, 0.25) is 11.8 Å². The molecule has 8 nitrogen and oxygen atoms in total. The second kappa shape index (κ2) is 5.80. The van der Waals surface area contributed by atoms with Crippen molar-refractivity contribution < 1.29 is 14.4 Å². The lowest BCUT2D eigenvalue weighted by molar-refractivity contribution is -0.124. The van der Waals surface area contributed by atoms with Crippen LogP contribution in [0.3, 0.4) is 0 Å². The first-order chi connectivity index (χ1) is 11.4. The van der Waals surface area contributed by atoms with Gasteiger partial charge in [-0.2, -0.15) is 0 Å². The van der Waals surface area contributed by atoms with E-state index in [9.17, 15) is 19.2 Å². The van der Waals surface area contributed by atoms with Crippen LogP contribution in [-0.4, -0.2) is 52.3 Å². The van der Waals surface area contributed by atoms with Crippen molar-refractivity contribution in [1.82, 2.24) is 14.4 Å². The molecule has 4 amide bonds. The van der Waals surface area contributed by atoms with Gasteiger partial charge in [0.05, 0.1) is 5.52 Å². The van der Waals surface area contributed by atoms with Gasteiger partial charge >= 0.3 is 6.03 Å². The lowest BCUT2D eigenvalue weighted by atomic mass is 10.2. The molecule has 0 atom stereocenters. The maximum Gasteiger partial charge on any atom is 0.327 e. The second-order valence-electron chi connectivity index (χ2n) is 5.64. The summed E-state index contributed by atoms with van der Waals surface area (Å²) in [5.74, 6) is -0.750. The number of nitrogens with one attached hydrogen (secondary N) is 1. The largest absolute Gasteiger partial charge is 0.327 e. The van der Waals surface area contributed by atoms with Crippen molar-refractivity contribution in [3.63, 3.8) is 0 Å². The van der Waals surface area contributed by atoms with E-state index in [2.05, 4.69) is 5.32 Å². The molecule has 0 saturated carbocycles. The van der Waals surface area contributed by atoms with E-state index >= 15 is 0 Å². The Hall–Kier alpha value is -3.16. The number of rotatable bonds is 3. The predicted octanol–water partition coefficient (Wildman–Crippen LogP) is 0.371. The van der Waals surface area contributed by atoms with Crippen LogP contribution in [-0.2, 0) is 16.6 Å². The van der Waals surface area contributed by atoms with Crippen LogP contribution in [0.25, 0.3) is 10.9 Å². The number of imide groups is 1. The van der Waals surface area contributed by atoms with Gasteiger partial charge in [0.15, 0.2) is 0 Å². The first-order valence-corrected chi connectivity index (χ1v) is 7.32. The van der Waals surface area contributed by atoms with Gasteiger partial charge in [-0.05, 0) is 23.6 Å². The van der Waals surface area contributed by atoms with E-state index in [4.69, 9.17) is 0 Å². The molecule has 0 spiro atoms. The fraction of sp³-hybridized carbons (Fsp3) is 0.250. The van der Waals surface area contributed by atoms with Crippen molar-refractivity contribution in [3.05, 3.63) is 40.7 Å². The molecule has 3 rings (SSSR count). The van der Waals surface area contributed by atoms with Crippen LogP contribution in [0.2, 0.25) is 0 Å². The summed E-state index contributed by atoms with van der Waals surface area (Å²) >= 11 is 0. The van der Waals surface area contributed by atoms with Crippen LogP contribution in [0.4, 0.5) is 10.5 Å². The zero-order valence-electron chi connectivity index (χ0n) is 13.3. The monoisotopic (exact) mass is 328 g/mol. The van der Waals surface area contributed by atoms with Gasteiger partial charge in [-0.1, -0.05) is 6.07 Å². The molecular formula is C16H16N4O4. The van der Waals surface area contributed by atoms with Gasteiger partial charge in [0.25, 0.3) is 5.56 Å². The molecular weight excluding hydrogens is 312 g/mol. The van der Waals surface area contributed by atoms with Crippen molar-refractivity contribution in [1.29, 1.82) is 0 Å². The van der Waals surface area contributed by atoms with Gasteiger partial charge in [0.1, 0.15) is 13.1 Å². The normalized spacial score (nSPS) is 14.6. The van der Waals surface area contributed by atoms with Crippen LogP contribution in [0.15, 0.2) is 35.1 Å². The molecule has 0 unspecified atom stereocenters. The average Bonchev–Trinajstić information content (AvgIpc) is 2.78. The summed E-state index contributed by atoms with van der Waals surface area (Å²) in [6, 6.07) is 7.91. The lowest BCUT2D eigenvalue weighted by Gasteiger charge is -2.14. The summed E-state index contributed by atoms with van der Waals surface area (Å²) in [4.78, 5) is 49.2. The highest BCUT2D eigenvalue weighted by Gasteiger charge is 2.33. The minimum atomic E-state index is -0.490. The fourth-order valence-electron chi connectivity index (χ4n) is 2.60. The van der Waals surface area contributed by atoms with Gasteiger partial charge < -0.3 is 14.8 Å². The molecule has 1 N–H and O–H groups in total. The number of anilines is 1. The molecule has 8 heteroatoms. The standard InChI is InChI=1S/C16H16N4O4/c1-18-12-7-11(5-3-10(12)4-6-14(18)22)17-13(21)8-20-9-15(23)19(2)16(20)24/h3-7H,8-9H2,1-2H3,(H,17,21). The third-order valence-electron chi connectivity index (χ3n) is 4.00. The molecule has 0 radical (unpaired) electrons. The molecule has 24 heavy (non-hydrogen) atoms. The number of pyridine rings is 1. The molecule has 1 aromatic heterocycles. The van der Waals surface area contributed by atoms with Gasteiger partial charge in [-0.3, -0.25) is 19.3 Å². The Bertz CT molecular complexity index is 918. The van der Waals surface area contributed by atoms with Crippen LogP contribution >= 0.6 is 0 Å². The summed E-state index contributed by atoms with van der Waals surface area (Å²) < 4.78 is 1.49. The number of amides is 4. The topological polar surface area (TPSA) is 91.7 Å². The number of benzene rings is 1.